The number of halogens is 3. The number of benzene rings is 1. The highest BCUT2D eigenvalue weighted by molar-refractivity contribution is 5.25. The maximum Gasteiger partial charge on any atom is 0.416 e. The Morgan fingerprint density at radius 1 is 1.25 bits per heavy atom. The molecule has 0 fully saturated rings. The van der Waals surface area contributed by atoms with Gasteiger partial charge in [0.15, 0.2) is 0 Å². The monoisotopic (exact) mass is 285 g/mol. The van der Waals surface area contributed by atoms with Gasteiger partial charge in [0, 0.05) is 6.04 Å². The molecule has 1 N–H and O–H groups in total. The van der Waals surface area contributed by atoms with Gasteiger partial charge in [-0.15, -0.1) is 6.58 Å². The molecule has 1 rings (SSSR count). The van der Waals surface area contributed by atoms with Gasteiger partial charge in [-0.25, -0.2) is 0 Å². The van der Waals surface area contributed by atoms with E-state index in [9.17, 15) is 13.2 Å². The maximum atomic E-state index is 12.5. The predicted octanol–water partition coefficient (Wildman–Crippen LogP) is 4.58. The lowest BCUT2D eigenvalue weighted by Crippen LogP contribution is -2.31. The van der Waals surface area contributed by atoms with Crippen LogP contribution in [0.15, 0.2) is 36.9 Å². The Labute approximate surface area is 118 Å². The van der Waals surface area contributed by atoms with Crippen LogP contribution in [0.3, 0.4) is 0 Å². The summed E-state index contributed by atoms with van der Waals surface area (Å²) in [5, 5.41) is 3.43. The van der Waals surface area contributed by atoms with Crippen molar-refractivity contribution in [2.24, 2.45) is 0 Å². The molecule has 20 heavy (non-hydrogen) atoms. The van der Waals surface area contributed by atoms with E-state index in [2.05, 4.69) is 18.8 Å². The number of hydrogen-bond donors (Lipinski definition) is 1. The molecule has 1 atom stereocenters. The average Bonchev–Trinajstić information content (AvgIpc) is 2.41. The van der Waals surface area contributed by atoms with Crippen molar-refractivity contribution >= 4 is 0 Å². The predicted molar refractivity (Wildman–Crippen MR) is 76.7 cm³/mol. The van der Waals surface area contributed by atoms with Gasteiger partial charge < -0.3 is 5.32 Å². The molecule has 0 spiro atoms. The molecule has 0 radical (unpaired) electrons. The summed E-state index contributed by atoms with van der Waals surface area (Å²) < 4.78 is 37.5. The number of nitrogens with one attached hydrogen (secondary N) is 1. The quantitative estimate of drug-likeness (QED) is 0.689. The van der Waals surface area contributed by atoms with Gasteiger partial charge in [0.1, 0.15) is 0 Å². The molecule has 1 unspecified atom stereocenters. The summed E-state index contributed by atoms with van der Waals surface area (Å²) in [5.41, 5.74) is 0.334. The van der Waals surface area contributed by atoms with Gasteiger partial charge in [0.05, 0.1) is 5.56 Å². The highest BCUT2D eigenvalue weighted by atomic mass is 19.4. The second kappa shape index (κ2) is 8.10. The maximum absolute atomic E-state index is 12.5. The second-order valence-corrected chi connectivity index (χ2v) is 4.92. The van der Waals surface area contributed by atoms with Crippen LogP contribution in [0.2, 0.25) is 0 Å². The lowest BCUT2D eigenvalue weighted by molar-refractivity contribution is -0.137. The van der Waals surface area contributed by atoms with Gasteiger partial charge in [-0.1, -0.05) is 25.1 Å². The van der Waals surface area contributed by atoms with Crippen LogP contribution < -0.4 is 5.32 Å². The fourth-order valence-corrected chi connectivity index (χ4v) is 2.06. The minimum atomic E-state index is -4.26. The van der Waals surface area contributed by atoms with Crippen molar-refractivity contribution < 1.29 is 13.2 Å². The van der Waals surface area contributed by atoms with Gasteiger partial charge in [-0.2, -0.15) is 13.2 Å². The van der Waals surface area contributed by atoms with Gasteiger partial charge in [0.2, 0.25) is 0 Å². The van der Waals surface area contributed by atoms with Crippen LogP contribution in [0.5, 0.6) is 0 Å². The van der Waals surface area contributed by atoms with E-state index in [-0.39, 0.29) is 6.04 Å². The zero-order chi connectivity index (χ0) is 15.0. The Hall–Kier alpha value is -1.29. The van der Waals surface area contributed by atoms with Crippen molar-refractivity contribution in [3.05, 3.63) is 48.0 Å². The van der Waals surface area contributed by atoms with Crippen LogP contribution in [0, 0.1) is 0 Å². The fourth-order valence-electron chi connectivity index (χ4n) is 2.06. The zero-order valence-electron chi connectivity index (χ0n) is 11.8. The van der Waals surface area contributed by atoms with E-state index in [0.29, 0.717) is 0 Å². The van der Waals surface area contributed by atoms with Gasteiger partial charge in [0.25, 0.3) is 0 Å². The molecule has 1 aromatic rings. The largest absolute Gasteiger partial charge is 0.416 e. The Kier molecular flexibility index (Phi) is 6.79. The first-order valence-corrected chi connectivity index (χ1v) is 6.97. The van der Waals surface area contributed by atoms with Crippen LogP contribution in [0.4, 0.5) is 13.2 Å². The molecule has 1 aromatic carbocycles. The summed E-state index contributed by atoms with van der Waals surface area (Å²) in [4.78, 5) is 0. The first-order chi connectivity index (χ1) is 9.47. The van der Waals surface area contributed by atoms with Crippen LogP contribution in [-0.2, 0) is 12.6 Å². The zero-order valence-corrected chi connectivity index (χ0v) is 11.8. The Bertz CT molecular complexity index is 395. The molecule has 0 bridgehead atoms. The van der Waals surface area contributed by atoms with E-state index in [0.717, 1.165) is 49.9 Å². The lowest BCUT2D eigenvalue weighted by Gasteiger charge is -2.18. The number of alkyl halides is 3. The Morgan fingerprint density at radius 3 is 2.40 bits per heavy atom. The number of allylic oxidation sites excluding steroid dienone is 1. The molecular formula is C16H22F3N. The first-order valence-electron chi connectivity index (χ1n) is 6.97. The highest BCUT2D eigenvalue weighted by Gasteiger charge is 2.29. The molecular weight excluding hydrogens is 263 g/mol. The highest BCUT2D eigenvalue weighted by Crippen LogP contribution is 2.29. The van der Waals surface area contributed by atoms with Crippen LogP contribution in [0.1, 0.15) is 37.3 Å². The molecule has 0 aromatic heterocycles. The third kappa shape index (κ3) is 5.78. The third-order valence-corrected chi connectivity index (χ3v) is 3.17. The first kappa shape index (κ1) is 16.8. The van der Waals surface area contributed by atoms with E-state index in [4.69, 9.17) is 0 Å². The summed E-state index contributed by atoms with van der Waals surface area (Å²) >= 11 is 0. The normalized spacial score (nSPS) is 13.2. The Morgan fingerprint density at radius 2 is 1.90 bits per heavy atom. The molecule has 112 valence electrons. The van der Waals surface area contributed by atoms with E-state index in [1.165, 1.54) is 0 Å². The second-order valence-electron chi connectivity index (χ2n) is 4.92. The molecule has 1 nitrogen and oxygen atoms in total. The van der Waals surface area contributed by atoms with Crippen molar-refractivity contribution in [2.75, 3.05) is 6.54 Å². The van der Waals surface area contributed by atoms with Crippen LogP contribution >= 0.6 is 0 Å². The smallest absolute Gasteiger partial charge is 0.314 e. The fraction of sp³-hybridized carbons (Fsp3) is 0.500. The SMILES string of the molecule is C=CCCC(Cc1ccc(C(F)(F)F)cc1)NCCC. The van der Waals surface area contributed by atoms with Crippen LogP contribution in [-0.4, -0.2) is 12.6 Å². The summed E-state index contributed by atoms with van der Waals surface area (Å²) in [7, 11) is 0. The molecule has 0 aliphatic rings. The molecule has 0 amide bonds. The summed E-state index contributed by atoms with van der Waals surface area (Å²) in [5.74, 6) is 0. The molecule has 0 aliphatic carbocycles. The van der Waals surface area contributed by atoms with Gasteiger partial charge in [-0.3, -0.25) is 0 Å². The average molecular weight is 285 g/mol. The lowest BCUT2D eigenvalue weighted by atomic mass is 10.0. The Balaban J connectivity index is 2.65. The van der Waals surface area contributed by atoms with E-state index in [1.807, 2.05) is 6.08 Å². The molecule has 0 saturated carbocycles. The summed E-state index contributed by atoms with van der Waals surface area (Å²) in [6.07, 6.45) is 1.24. The van der Waals surface area contributed by atoms with E-state index >= 15 is 0 Å². The van der Waals surface area contributed by atoms with Crippen molar-refractivity contribution in [2.45, 2.75) is 44.8 Å². The molecule has 4 heteroatoms. The van der Waals surface area contributed by atoms with Gasteiger partial charge in [-0.05, 0) is 49.9 Å². The topological polar surface area (TPSA) is 12.0 Å². The summed E-state index contributed by atoms with van der Waals surface area (Å²) in [6.45, 7) is 6.72. The van der Waals surface area contributed by atoms with Crippen molar-refractivity contribution in [3.63, 3.8) is 0 Å². The van der Waals surface area contributed by atoms with E-state index in [1.54, 1.807) is 12.1 Å². The van der Waals surface area contributed by atoms with Gasteiger partial charge >= 0.3 is 6.18 Å². The molecule has 0 heterocycles. The minimum absolute atomic E-state index is 0.282. The van der Waals surface area contributed by atoms with E-state index < -0.39 is 11.7 Å². The number of hydrogen-bond acceptors (Lipinski definition) is 1. The van der Waals surface area contributed by atoms with Crippen molar-refractivity contribution in [1.29, 1.82) is 0 Å². The number of rotatable bonds is 8. The molecule has 0 aliphatic heterocycles. The standard InChI is InChI=1S/C16H22F3N/c1-3-5-6-15(20-11-4-2)12-13-7-9-14(10-8-13)16(17,18)19/h3,7-10,15,20H,1,4-6,11-12H2,2H3. The third-order valence-electron chi connectivity index (χ3n) is 3.17. The molecule has 0 saturated heterocycles. The van der Waals surface area contributed by atoms with Crippen LogP contribution in [0.25, 0.3) is 0 Å². The minimum Gasteiger partial charge on any atom is -0.314 e. The van der Waals surface area contributed by atoms with Crippen molar-refractivity contribution in [1.82, 2.24) is 5.32 Å². The summed E-state index contributed by atoms with van der Waals surface area (Å²) in [6, 6.07) is 5.72. The van der Waals surface area contributed by atoms with Crippen molar-refractivity contribution in [3.8, 4) is 0 Å².